The number of hydrogen-bond donors (Lipinski definition) is 1. The highest BCUT2D eigenvalue weighted by Crippen LogP contribution is 2.30. The molecule has 0 radical (unpaired) electrons. The number of carbonyl (C=O) groups is 1. The molecule has 0 aliphatic carbocycles. The molecule has 6 nitrogen and oxygen atoms in total. The van der Waals surface area contributed by atoms with E-state index in [4.69, 9.17) is 11.6 Å². The Hall–Kier alpha value is -2.12. The van der Waals surface area contributed by atoms with Crippen LogP contribution >= 0.6 is 22.9 Å². The molecule has 28 heavy (non-hydrogen) atoms. The Morgan fingerprint density at radius 3 is 2.89 bits per heavy atom. The summed E-state index contributed by atoms with van der Waals surface area (Å²) in [5.74, 6) is -0.134. The van der Waals surface area contributed by atoms with Crippen molar-refractivity contribution in [3.8, 4) is 0 Å². The van der Waals surface area contributed by atoms with Crippen LogP contribution in [0.2, 0.25) is 5.15 Å². The van der Waals surface area contributed by atoms with Crippen LogP contribution in [0.4, 0.5) is 10.8 Å². The van der Waals surface area contributed by atoms with Gasteiger partial charge in [0.25, 0.3) is 5.91 Å². The van der Waals surface area contributed by atoms with E-state index in [-0.39, 0.29) is 5.91 Å². The summed E-state index contributed by atoms with van der Waals surface area (Å²) in [4.78, 5) is 21.9. The molecule has 1 fully saturated rings. The normalized spacial score (nSPS) is 17.0. The second-order valence-corrected chi connectivity index (χ2v) is 8.51. The highest BCUT2D eigenvalue weighted by molar-refractivity contribution is 7.17. The molecular weight excluding hydrogens is 394 g/mol. The summed E-state index contributed by atoms with van der Waals surface area (Å²) < 4.78 is 0. The maximum atomic E-state index is 12.3. The Kier molecular flexibility index (Phi) is 6.12. The predicted octanol–water partition coefficient (Wildman–Crippen LogP) is 3.69. The molecule has 1 amide bonds. The van der Waals surface area contributed by atoms with E-state index in [0.717, 1.165) is 48.2 Å². The summed E-state index contributed by atoms with van der Waals surface area (Å²) in [7, 11) is 0. The number of aromatic nitrogens is 1. The lowest BCUT2D eigenvalue weighted by atomic mass is 10.0. The van der Waals surface area contributed by atoms with Crippen molar-refractivity contribution >= 4 is 45.9 Å². The van der Waals surface area contributed by atoms with Gasteiger partial charge in [-0.3, -0.25) is 4.79 Å². The van der Waals surface area contributed by atoms with Gasteiger partial charge in [0.2, 0.25) is 0 Å². The number of anilines is 2. The van der Waals surface area contributed by atoms with Crippen LogP contribution in [0.15, 0.2) is 29.4 Å². The quantitative estimate of drug-likeness (QED) is 0.595. The fourth-order valence-corrected chi connectivity index (χ4v) is 4.93. The number of nitrogens with one attached hydrogen (secondary N) is 1. The third-order valence-electron chi connectivity index (χ3n) is 5.14. The Bertz CT molecular complexity index is 862. The summed E-state index contributed by atoms with van der Waals surface area (Å²) >= 11 is 7.77. The van der Waals surface area contributed by atoms with E-state index >= 15 is 0 Å². The summed E-state index contributed by atoms with van der Waals surface area (Å²) in [6.45, 7) is 3.22. The van der Waals surface area contributed by atoms with E-state index in [9.17, 15) is 4.79 Å². The third kappa shape index (κ3) is 4.47. The summed E-state index contributed by atoms with van der Waals surface area (Å²) in [6, 6.07) is 8.26. The Morgan fingerprint density at radius 2 is 2.04 bits per heavy atom. The van der Waals surface area contributed by atoms with Gasteiger partial charge in [-0.25, -0.2) is 10.4 Å². The molecule has 2 aromatic rings. The van der Waals surface area contributed by atoms with E-state index in [1.807, 2.05) is 12.1 Å². The number of rotatable bonds is 5. The minimum atomic E-state index is -0.134. The maximum Gasteiger partial charge on any atom is 0.259 e. The van der Waals surface area contributed by atoms with Gasteiger partial charge in [0.15, 0.2) is 10.3 Å². The molecule has 0 bridgehead atoms. The highest BCUT2D eigenvalue weighted by Gasteiger charge is 2.19. The van der Waals surface area contributed by atoms with E-state index in [1.54, 1.807) is 6.21 Å². The zero-order valence-corrected chi connectivity index (χ0v) is 17.3. The molecule has 1 aromatic heterocycles. The van der Waals surface area contributed by atoms with Gasteiger partial charge in [-0.2, -0.15) is 5.10 Å². The standard InChI is InChI=1S/C20H24ClN5OS/c21-19-17(28-20(23-19)25-10-4-1-5-11-25)13-22-24-18(27)14-26-12-6-8-15-7-2-3-9-16(15)26/h2-3,7,9,13H,1,4-6,8,10-12,14H2,(H,24,27)/b22-13-. The molecule has 2 aliphatic heterocycles. The number of thiazole rings is 1. The van der Waals surface area contributed by atoms with Crippen molar-refractivity contribution in [2.24, 2.45) is 5.10 Å². The fraction of sp³-hybridized carbons (Fsp3) is 0.450. The van der Waals surface area contributed by atoms with E-state index in [1.165, 1.54) is 36.2 Å². The van der Waals surface area contributed by atoms with Crippen molar-refractivity contribution in [1.82, 2.24) is 10.4 Å². The van der Waals surface area contributed by atoms with Gasteiger partial charge in [0, 0.05) is 25.3 Å². The Labute approximate surface area is 174 Å². The molecule has 2 aliphatic rings. The number of nitrogens with zero attached hydrogens (tertiary/aromatic N) is 4. The van der Waals surface area contributed by atoms with Crippen LogP contribution in [0.25, 0.3) is 0 Å². The first-order chi connectivity index (χ1) is 13.7. The first kappa shape index (κ1) is 19.2. The van der Waals surface area contributed by atoms with Gasteiger partial charge < -0.3 is 9.80 Å². The summed E-state index contributed by atoms with van der Waals surface area (Å²) in [5, 5.41) is 5.47. The molecule has 8 heteroatoms. The minimum Gasteiger partial charge on any atom is -0.362 e. The Balaban J connectivity index is 1.34. The average molecular weight is 418 g/mol. The van der Waals surface area contributed by atoms with Gasteiger partial charge >= 0.3 is 0 Å². The SMILES string of the molecule is O=C(CN1CCCc2ccccc21)N/N=C\c1sc(N2CCCCC2)nc1Cl. The van der Waals surface area contributed by atoms with E-state index < -0.39 is 0 Å². The molecule has 0 saturated carbocycles. The number of fused-ring (bicyclic) bond motifs is 1. The number of carbonyl (C=O) groups excluding carboxylic acids is 1. The highest BCUT2D eigenvalue weighted by atomic mass is 35.5. The molecule has 0 atom stereocenters. The molecular formula is C20H24ClN5OS. The van der Waals surface area contributed by atoms with E-state index in [2.05, 4.69) is 37.4 Å². The lowest BCUT2D eigenvalue weighted by Gasteiger charge is -2.30. The second-order valence-electron chi connectivity index (χ2n) is 7.15. The number of para-hydroxylation sites is 1. The number of aryl methyl sites for hydroxylation is 1. The minimum absolute atomic E-state index is 0.134. The van der Waals surface area contributed by atoms with Crippen molar-refractivity contribution in [1.29, 1.82) is 0 Å². The van der Waals surface area contributed by atoms with Gasteiger partial charge in [0.05, 0.1) is 17.6 Å². The smallest absolute Gasteiger partial charge is 0.259 e. The number of hydrogen-bond acceptors (Lipinski definition) is 6. The largest absolute Gasteiger partial charge is 0.362 e. The van der Waals surface area contributed by atoms with Gasteiger partial charge in [-0.1, -0.05) is 41.1 Å². The van der Waals surface area contributed by atoms with Gasteiger partial charge in [-0.05, 0) is 43.7 Å². The first-order valence-electron chi connectivity index (χ1n) is 9.77. The molecule has 0 unspecified atom stereocenters. The van der Waals surface area contributed by atoms with Crippen molar-refractivity contribution in [3.63, 3.8) is 0 Å². The second kappa shape index (κ2) is 8.92. The van der Waals surface area contributed by atoms with Gasteiger partial charge in [0.1, 0.15) is 0 Å². The van der Waals surface area contributed by atoms with Crippen LogP contribution in [0, 0.1) is 0 Å². The summed E-state index contributed by atoms with van der Waals surface area (Å²) in [5.41, 5.74) is 5.06. The van der Waals surface area contributed by atoms with Crippen LogP contribution in [0.1, 0.15) is 36.1 Å². The predicted molar refractivity (Wildman–Crippen MR) is 116 cm³/mol. The lowest BCUT2D eigenvalue weighted by Crippen LogP contribution is -2.38. The van der Waals surface area contributed by atoms with Crippen molar-refractivity contribution in [2.45, 2.75) is 32.1 Å². The monoisotopic (exact) mass is 417 g/mol. The topological polar surface area (TPSA) is 60.8 Å². The number of benzene rings is 1. The third-order valence-corrected chi connectivity index (χ3v) is 6.59. The maximum absolute atomic E-state index is 12.3. The van der Waals surface area contributed by atoms with Crippen molar-refractivity contribution < 1.29 is 4.79 Å². The van der Waals surface area contributed by atoms with Crippen LogP contribution in [-0.2, 0) is 11.2 Å². The first-order valence-corrected chi connectivity index (χ1v) is 11.0. The van der Waals surface area contributed by atoms with Crippen molar-refractivity contribution in [3.05, 3.63) is 39.9 Å². The number of piperidine rings is 1. The van der Waals surface area contributed by atoms with E-state index in [0.29, 0.717) is 11.7 Å². The summed E-state index contributed by atoms with van der Waals surface area (Å²) in [6.07, 6.45) is 7.37. The molecule has 3 heterocycles. The number of amides is 1. The number of hydrazone groups is 1. The molecule has 1 aromatic carbocycles. The molecule has 0 spiro atoms. The zero-order valence-electron chi connectivity index (χ0n) is 15.7. The van der Waals surface area contributed by atoms with Gasteiger partial charge in [-0.15, -0.1) is 0 Å². The fourth-order valence-electron chi connectivity index (χ4n) is 3.75. The molecule has 148 valence electrons. The zero-order chi connectivity index (χ0) is 19.3. The van der Waals surface area contributed by atoms with Crippen LogP contribution < -0.4 is 15.2 Å². The lowest BCUT2D eigenvalue weighted by molar-refractivity contribution is -0.119. The average Bonchev–Trinajstić information content (AvgIpc) is 3.10. The van der Waals surface area contributed by atoms with Crippen LogP contribution in [0.3, 0.4) is 0 Å². The molecule has 1 saturated heterocycles. The number of halogens is 1. The molecule has 4 rings (SSSR count). The van der Waals surface area contributed by atoms with Crippen LogP contribution in [0.5, 0.6) is 0 Å². The Morgan fingerprint density at radius 1 is 1.21 bits per heavy atom. The van der Waals surface area contributed by atoms with Crippen molar-refractivity contribution in [2.75, 3.05) is 36.0 Å². The van der Waals surface area contributed by atoms with Crippen LogP contribution in [-0.4, -0.2) is 43.3 Å². The molecule has 1 N–H and O–H groups in total.